The number of halogens is 3. The van der Waals surface area contributed by atoms with Gasteiger partial charge in [-0.3, -0.25) is 9.78 Å². The van der Waals surface area contributed by atoms with Crippen LogP contribution in [0.1, 0.15) is 53.4 Å². The molecule has 0 bridgehead atoms. The van der Waals surface area contributed by atoms with E-state index in [1.165, 1.54) is 6.07 Å². The van der Waals surface area contributed by atoms with Gasteiger partial charge in [-0.1, -0.05) is 24.6 Å². The molecule has 0 unspecified atom stereocenters. The Labute approximate surface area is 239 Å². The Balaban J connectivity index is 1.35. The maximum absolute atomic E-state index is 14.1. The summed E-state index contributed by atoms with van der Waals surface area (Å²) in [6.45, 7) is 8.44. The summed E-state index contributed by atoms with van der Waals surface area (Å²) in [7, 11) is 2.11. The SMILES string of the molecule is Cc1ccc(-c2cnc(N3CCN(C)CC3)nc2)c(C(=O)N2CCC[C@@H](C)[C@H]2CCc2ccc(C(F)(F)F)cn2)c1. The van der Waals surface area contributed by atoms with Crippen molar-refractivity contribution in [2.24, 2.45) is 5.92 Å². The van der Waals surface area contributed by atoms with Crippen molar-refractivity contribution >= 4 is 11.9 Å². The first-order valence-electron chi connectivity index (χ1n) is 14.3. The molecule has 3 aromatic rings. The number of carbonyl (C=O) groups excluding carboxylic acids is 1. The van der Waals surface area contributed by atoms with E-state index in [0.29, 0.717) is 36.6 Å². The maximum atomic E-state index is 14.1. The van der Waals surface area contributed by atoms with E-state index in [2.05, 4.69) is 38.7 Å². The Kier molecular flexibility index (Phi) is 8.58. The number of nitrogens with zero attached hydrogens (tertiary/aromatic N) is 6. The molecule has 2 atom stereocenters. The summed E-state index contributed by atoms with van der Waals surface area (Å²) in [5.74, 6) is 0.925. The molecule has 4 heterocycles. The minimum Gasteiger partial charge on any atom is -0.338 e. The van der Waals surface area contributed by atoms with Gasteiger partial charge in [0.2, 0.25) is 5.95 Å². The van der Waals surface area contributed by atoms with E-state index in [0.717, 1.165) is 68.0 Å². The van der Waals surface area contributed by atoms with Gasteiger partial charge in [0.1, 0.15) is 0 Å². The van der Waals surface area contributed by atoms with E-state index in [1.807, 2.05) is 30.0 Å². The quantitative estimate of drug-likeness (QED) is 0.393. The lowest BCUT2D eigenvalue weighted by atomic mass is 9.86. The second kappa shape index (κ2) is 12.1. The molecule has 0 N–H and O–H groups in total. The van der Waals surface area contributed by atoms with Gasteiger partial charge in [0.25, 0.3) is 5.91 Å². The first-order chi connectivity index (χ1) is 19.6. The van der Waals surface area contributed by atoms with Crippen LogP contribution in [0.4, 0.5) is 19.1 Å². The number of piperidine rings is 1. The fourth-order valence-corrected chi connectivity index (χ4v) is 5.85. The number of amides is 1. The van der Waals surface area contributed by atoms with Gasteiger partial charge in [-0.05, 0) is 69.3 Å². The molecule has 41 heavy (non-hydrogen) atoms. The van der Waals surface area contributed by atoms with Gasteiger partial charge in [0.15, 0.2) is 0 Å². The number of benzene rings is 1. The molecule has 5 rings (SSSR count). The molecule has 0 aliphatic carbocycles. The summed E-state index contributed by atoms with van der Waals surface area (Å²) in [6, 6.07) is 8.36. The number of aryl methyl sites for hydroxylation is 2. The van der Waals surface area contributed by atoms with Crippen molar-refractivity contribution in [3.63, 3.8) is 0 Å². The Bertz CT molecular complexity index is 1340. The molecule has 218 valence electrons. The number of pyridine rings is 1. The fraction of sp³-hybridized carbons (Fsp3) is 0.484. The van der Waals surface area contributed by atoms with E-state index in [4.69, 9.17) is 0 Å². The molecular weight excluding hydrogens is 529 g/mol. The molecule has 2 aliphatic rings. The molecular formula is C31H37F3N6O. The number of likely N-dealkylation sites (tertiary alicyclic amines) is 1. The third-order valence-electron chi connectivity index (χ3n) is 8.37. The molecule has 7 nitrogen and oxygen atoms in total. The molecule has 1 aromatic carbocycles. The predicted octanol–water partition coefficient (Wildman–Crippen LogP) is 5.49. The van der Waals surface area contributed by atoms with Crippen molar-refractivity contribution in [2.75, 3.05) is 44.7 Å². The highest BCUT2D eigenvalue weighted by atomic mass is 19.4. The van der Waals surface area contributed by atoms with Gasteiger partial charge >= 0.3 is 6.18 Å². The number of alkyl halides is 3. The summed E-state index contributed by atoms with van der Waals surface area (Å²) in [5.41, 5.74) is 3.04. The highest BCUT2D eigenvalue weighted by Gasteiger charge is 2.34. The van der Waals surface area contributed by atoms with Crippen molar-refractivity contribution in [2.45, 2.75) is 51.7 Å². The number of aromatic nitrogens is 3. The number of rotatable bonds is 6. The monoisotopic (exact) mass is 566 g/mol. The van der Waals surface area contributed by atoms with Crippen LogP contribution in [0.15, 0.2) is 48.9 Å². The highest BCUT2D eigenvalue weighted by molar-refractivity contribution is 6.01. The van der Waals surface area contributed by atoms with Crippen LogP contribution >= 0.6 is 0 Å². The number of carbonyl (C=O) groups is 1. The van der Waals surface area contributed by atoms with E-state index in [-0.39, 0.29) is 17.9 Å². The topological polar surface area (TPSA) is 65.5 Å². The van der Waals surface area contributed by atoms with E-state index < -0.39 is 11.7 Å². The van der Waals surface area contributed by atoms with Crippen LogP contribution < -0.4 is 4.90 Å². The molecule has 2 aliphatic heterocycles. The van der Waals surface area contributed by atoms with Gasteiger partial charge in [0.05, 0.1) is 5.56 Å². The molecule has 1 amide bonds. The Morgan fingerprint density at radius 1 is 0.976 bits per heavy atom. The predicted molar refractivity (Wildman–Crippen MR) is 153 cm³/mol. The van der Waals surface area contributed by atoms with Crippen molar-refractivity contribution in [3.05, 3.63) is 71.3 Å². The zero-order valence-electron chi connectivity index (χ0n) is 23.9. The largest absolute Gasteiger partial charge is 0.417 e. The number of piperazine rings is 1. The Hall–Kier alpha value is -3.53. The van der Waals surface area contributed by atoms with E-state index in [1.54, 1.807) is 12.4 Å². The second-order valence-corrected chi connectivity index (χ2v) is 11.4. The van der Waals surface area contributed by atoms with Gasteiger partial charge in [-0.25, -0.2) is 9.97 Å². The third kappa shape index (κ3) is 6.69. The van der Waals surface area contributed by atoms with E-state index in [9.17, 15) is 18.0 Å². The maximum Gasteiger partial charge on any atom is 0.417 e. The zero-order chi connectivity index (χ0) is 29.1. The van der Waals surface area contributed by atoms with Gasteiger partial charge in [0, 0.05) is 74.2 Å². The molecule has 0 spiro atoms. The van der Waals surface area contributed by atoms with Gasteiger partial charge < -0.3 is 14.7 Å². The minimum atomic E-state index is -4.41. The minimum absolute atomic E-state index is 0.0374. The molecule has 2 saturated heterocycles. The first-order valence-corrected chi connectivity index (χ1v) is 14.3. The van der Waals surface area contributed by atoms with Gasteiger partial charge in [-0.15, -0.1) is 0 Å². The van der Waals surface area contributed by atoms with Crippen LogP contribution in [-0.2, 0) is 12.6 Å². The van der Waals surface area contributed by atoms with E-state index >= 15 is 0 Å². The lowest BCUT2D eigenvalue weighted by Crippen LogP contribution is -2.48. The van der Waals surface area contributed by atoms with Crippen LogP contribution in [0, 0.1) is 12.8 Å². The number of anilines is 1. The summed E-state index contributed by atoms with van der Waals surface area (Å²) >= 11 is 0. The lowest BCUT2D eigenvalue weighted by molar-refractivity contribution is -0.137. The Morgan fingerprint density at radius 2 is 1.71 bits per heavy atom. The van der Waals surface area contributed by atoms with Gasteiger partial charge in [-0.2, -0.15) is 13.2 Å². The molecule has 0 radical (unpaired) electrons. The number of hydrogen-bond acceptors (Lipinski definition) is 6. The zero-order valence-corrected chi connectivity index (χ0v) is 23.9. The molecule has 2 aromatic heterocycles. The molecule has 0 saturated carbocycles. The normalized spacial score (nSPS) is 20.3. The molecule has 10 heteroatoms. The van der Waals surface area contributed by atoms with Crippen molar-refractivity contribution < 1.29 is 18.0 Å². The van der Waals surface area contributed by atoms with Crippen LogP contribution in [-0.4, -0.2) is 76.5 Å². The fourth-order valence-electron chi connectivity index (χ4n) is 5.85. The average Bonchev–Trinajstić information content (AvgIpc) is 2.96. The summed E-state index contributed by atoms with van der Waals surface area (Å²) in [4.78, 5) is 33.9. The van der Waals surface area contributed by atoms with Crippen LogP contribution in [0.3, 0.4) is 0 Å². The smallest absolute Gasteiger partial charge is 0.338 e. The lowest BCUT2D eigenvalue weighted by Gasteiger charge is -2.40. The van der Waals surface area contributed by atoms with Crippen molar-refractivity contribution in [1.29, 1.82) is 0 Å². The van der Waals surface area contributed by atoms with Crippen LogP contribution in [0.5, 0.6) is 0 Å². The van der Waals surface area contributed by atoms with Crippen LogP contribution in [0.25, 0.3) is 11.1 Å². The summed E-state index contributed by atoms with van der Waals surface area (Å²) in [6.07, 6.45) is 3.12. The number of hydrogen-bond donors (Lipinski definition) is 0. The molecule has 2 fully saturated rings. The average molecular weight is 567 g/mol. The second-order valence-electron chi connectivity index (χ2n) is 11.4. The summed E-state index contributed by atoms with van der Waals surface area (Å²) in [5, 5.41) is 0. The first kappa shape index (κ1) is 29.0. The summed E-state index contributed by atoms with van der Waals surface area (Å²) < 4.78 is 38.9. The van der Waals surface area contributed by atoms with Crippen molar-refractivity contribution in [1.82, 2.24) is 24.8 Å². The van der Waals surface area contributed by atoms with Crippen LogP contribution in [0.2, 0.25) is 0 Å². The van der Waals surface area contributed by atoms with Crippen molar-refractivity contribution in [3.8, 4) is 11.1 Å². The third-order valence-corrected chi connectivity index (χ3v) is 8.37. The Morgan fingerprint density at radius 3 is 2.37 bits per heavy atom. The highest BCUT2D eigenvalue weighted by Crippen LogP contribution is 2.32. The number of likely N-dealkylation sites (N-methyl/N-ethyl adjacent to an activating group) is 1. The standard InChI is InChI=1S/C31H37F3N6O/c1-21-6-10-26(23-18-36-30(37-19-23)39-15-13-38(3)14-16-39)27(17-21)29(41)40-12-4-5-22(2)28(40)11-9-25-8-7-24(20-35-25)31(32,33)34/h6-8,10,17-20,22,28H,4-5,9,11-16H2,1-3H3/t22-,28-/m1/s1.